The number of fused-ring (bicyclic) bond motifs is 3. The molecule has 0 saturated heterocycles. The maximum atomic E-state index is 5.15. The molecule has 0 fully saturated rings. The second-order valence-electron chi connectivity index (χ2n) is 12.6. The molecule has 0 spiro atoms. The molecular weight excluding hydrogens is 597 g/mol. The molecule has 0 aliphatic heterocycles. The van der Waals surface area contributed by atoms with Gasteiger partial charge in [-0.3, -0.25) is 4.98 Å². The maximum absolute atomic E-state index is 5.15. The van der Waals surface area contributed by atoms with Crippen LogP contribution in [0.1, 0.15) is 40.4 Å². The van der Waals surface area contributed by atoms with Crippen LogP contribution < -0.4 is 0 Å². The summed E-state index contributed by atoms with van der Waals surface area (Å²) in [6.07, 6.45) is 11.2. The van der Waals surface area contributed by atoms with Crippen LogP contribution in [0.25, 0.3) is 45.2 Å². The zero-order chi connectivity index (χ0) is 32.6. The van der Waals surface area contributed by atoms with E-state index in [0.717, 1.165) is 34.6 Å². The molecule has 232 valence electrons. The molecule has 9 rings (SSSR count). The van der Waals surface area contributed by atoms with Gasteiger partial charge in [0, 0.05) is 28.8 Å². The van der Waals surface area contributed by atoms with Crippen LogP contribution in [0.4, 0.5) is 0 Å². The molecule has 0 saturated carbocycles. The third-order valence-corrected chi connectivity index (χ3v) is 9.78. The van der Waals surface area contributed by atoms with Gasteiger partial charge in [0.25, 0.3) is 0 Å². The first-order valence-corrected chi connectivity index (χ1v) is 16.8. The average molecular weight is 629 g/mol. The van der Waals surface area contributed by atoms with Crippen molar-refractivity contribution in [3.05, 3.63) is 204 Å². The number of aromatic nitrogens is 4. The third kappa shape index (κ3) is 4.92. The van der Waals surface area contributed by atoms with Crippen LogP contribution in [-0.2, 0) is 5.41 Å². The van der Waals surface area contributed by atoms with Gasteiger partial charge in [0.1, 0.15) is 5.82 Å². The van der Waals surface area contributed by atoms with Crippen molar-refractivity contribution in [2.75, 3.05) is 0 Å². The number of nitrogens with zero attached hydrogens (tertiary/aromatic N) is 4. The zero-order valence-electron chi connectivity index (χ0n) is 26.8. The molecule has 2 heterocycles. The van der Waals surface area contributed by atoms with Gasteiger partial charge < -0.3 is 0 Å². The lowest BCUT2D eigenvalue weighted by Crippen LogP contribution is -2.28. The predicted molar refractivity (Wildman–Crippen MR) is 197 cm³/mol. The summed E-state index contributed by atoms with van der Waals surface area (Å²) in [5.41, 5.74) is 10.9. The standard InChI is InChI=1S/C45H32N4/c1-3-14-32(15-4-1)42-47-43(33-27-25-31(26-28-33)41-24-11-12-29-46-41)49-44(48-42)34-16-13-19-36(30-34)45(35-17-5-2-6-18-35)39-22-9-7-20-37(39)38-21-8-10-23-40(38)45/h1-14,16-30,32H,15H2. The molecule has 5 aromatic carbocycles. The minimum Gasteiger partial charge on any atom is -0.256 e. The van der Waals surface area contributed by atoms with E-state index in [2.05, 4.69) is 157 Å². The van der Waals surface area contributed by atoms with E-state index in [0.29, 0.717) is 11.6 Å². The first kappa shape index (κ1) is 28.9. The van der Waals surface area contributed by atoms with Crippen molar-refractivity contribution in [2.24, 2.45) is 0 Å². The van der Waals surface area contributed by atoms with E-state index in [1.807, 2.05) is 24.4 Å². The molecule has 0 radical (unpaired) electrons. The van der Waals surface area contributed by atoms with E-state index in [-0.39, 0.29) is 5.92 Å². The van der Waals surface area contributed by atoms with Crippen LogP contribution in [0, 0.1) is 0 Å². The van der Waals surface area contributed by atoms with Crippen molar-refractivity contribution in [3.8, 4) is 45.2 Å². The summed E-state index contributed by atoms with van der Waals surface area (Å²) < 4.78 is 0. The number of rotatable bonds is 6. The highest BCUT2D eigenvalue weighted by atomic mass is 15.0. The molecule has 49 heavy (non-hydrogen) atoms. The molecule has 1 atom stereocenters. The van der Waals surface area contributed by atoms with Gasteiger partial charge in [0.05, 0.1) is 11.1 Å². The molecular formula is C45H32N4. The fourth-order valence-electron chi connectivity index (χ4n) is 7.52. The minimum absolute atomic E-state index is 0.0747. The summed E-state index contributed by atoms with van der Waals surface area (Å²) in [5, 5.41) is 0. The van der Waals surface area contributed by atoms with Crippen molar-refractivity contribution >= 4 is 0 Å². The Balaban J connectivity index is 1.22. The summed E-state index contributed by atoms with van der Waals surface area (Å²) in [5.74, 6) is 2.18. The Morgan fingerprint density at radius 1 is 0.510 bits per heavy atom. The minimum atomic E-state index is -0.499. The van der Waals surface area contributed by atoms with E-state index in [4.69, 9.17) is 15.0 Å². The Morgan fingerprint density at radius 3 is 1.86 bits per heavy atom. The topological polar surface area (TPSA) is 51.6 Å². The van der Waals surface area contributed by atoms with Gasteiger partial charge >= 0.3 is 0 Å². The van der Waals surface area contributed by atoms with Gasteiger partial charge in [0.2, 0.25) is 0 Å². The summed E-state index contributed by atoms with van der Waals surface area (Å²) in [7, 11) is 0. The Morgan fingerprint density at radius 2 is 1.16 bits per heavy atom. The lowest BCUT2D eigenvalue weighted by atomic mass is 9.67. The Bertz CT molecular complexity index is 2310. The Kier molecular flexibility index (Phi) is 7.13. The number of allylic oxidation sites excluding steroid dienone is 4. The fourth-order valence-corrected chi connectivity index (χ4v) is 7.52. The quantitative estimate of drug-likeness (QED) is 0.184. The monoisotopic (exact) mass is 628 g/mol. The SMILES string of the molecule is C1=CCC(c2nc(-c3ccc(-c4ccccn4)cc3)nc(-c3cccc(C4(c5ccccc5)c5ccccc5-c5ccccc54)c3)n2)C=C1. The van der Waals surface area contributed by atoms with Gasteiger partial charge in [-0.15, -0.1) is 0 Å². The van der Waals surface area contributed by atoms with Crippen molar-refractivity contribution in [3.63, 3.8) is 0 Å². The van der Waals surface area contributed by atoms with Gasteiger partial charge in [-0.2, -0.15) is 0 Å². The number of pyridine rings is 1. The Hall–Kier alpha value is -6.26. The summed E-state index contributed by atoms with van der Waals surface area (Å²) in [4.78, 5) is 19.9. The molecule has 0 amide bonds. The van der Waals surface area contributed by atoms with Crippen LogP contribution in [0.15, 0.2) is 176 Å². The third-order valence-electron chi connectivity index (χ3n) is 9.78. The van der Waals surface area contributed by atoms with E-state index >= 15 is 0 Å². The second-order valence-corrected chi connectivity index (χ2v) is 12.6. The van der Waals surface area contributed by atoms with Gasteiger partial charge in [-0.25, -0.2) is 15.0 Å². The Labute approximate surface area is 286 Å². The second kappa shape index (κ2) is 12.1. The lowest BCUT2D eigenvalue weighted by molar-refractivity contribution is 0.761. The molecule has 0 bridgehead atoms. The van der Waals surface area contributed by atoms with Crippen LogP contribution in [0.2, 0.25) is 0 Å². The smallest absolute Gasteiger partial charge is 0.163 e. The van der Waals surface area contributed by atoms with E-state index in [1.54, 1.807) is 0 Å². The average Bonchev–Trinajstić information content (AvgIpc) is 3.50. The first-order valence-electron chi connectivity index (χ1n) is 16.8. The van der Waals surface area contributed by atoms with E-state index < -0.39 is 5.41 Å². The normalized spacial score (nSPS) is 15.5. The van der Waals surface area contributed by atoms with Crippen LogP contribution >= 0.6 is 0 Å². The first-order chi connectivity index (χ1) is 24.3. The van der Waals surface area contributed by atoms with E-state index in [1.165, 1.54) is 33.4 Å². The van der Waals surface area contributed by atoms with Crippen molar-refractivity contribution in [2.45, 2.75) is 17.8 Å². The molecule has 2 aromatic heterocycles. The molecule has 4 nitrogen and oxygen atoms in total. The fraction of sp³-hybridized carbons (Fsp3) is 0.0667. The lowest BCUT2D eigenvalue weighted by Gasteiger charge is -2.34. The predicted octanol–water partition coefficient (Wildman–Crippen LogP) is 10.2. The number of hydrogen-bond donors (Lipinski definition) is 0. The van der Waals surface area contributed by atoms with E-state index in [9.17, 15) is 0 Å². The highest BCUT2D eigenvalue weighted by Crippen LogP contribution is 2.56. The van der Waals surface area contributed by atoms with Crippen molar-refractivity contribution < 1.29 is 0 Å². The molecule has 7 aromatic rings. The molecule has 1 unspecified atom stereocenters. The van der Waals surface area contributed by atoms with Gasteiger partial charge in [0.15, 0.2) is 11.6 Å². The molecule has 2 aliphatic rings. The van der Waals surface area contributed by atoms with Crippen molar-refractivity contribution in [1.29, 1.82) is 0 Å². The van der Waals surface area contributed by atoms with Crippen LogP contribution in [0.3, 0.4) is 0 Å². The summed E-state index contributed by atoms with van der Waals surface area (Å²) >= 11 is 0. The highest BCUT2D eigenvalue weighted by Gasteiger charge is 2.45. The zero-order valence-corrected chi connectivity index (χ0v) is 26.8. The largest absolute Gasteiger partial charge is 0.256 e. The van der Waals surface area contributed by atoms with Crippen LogP contribution in [-0.4, -0.2) is 19.9 Å². The van der Waals surface area contributed by atoms with Gasteiger partial charge in [-0.1, -0.05) is 152 Å². The molecule has 4 heteroatoms. The molecule has 0 N–H and O–H groups in total. The molecule has 2 aliphatic carbocycles. The highest BCUT2D eigenvalue weighted by molar-refractivity contribution is 5.86. The summed E-state index contributed by atoms with van der Waals surface area (Å²) in [6, 6.07) is 51.6. The van der Waals surface area contributed by atoms with Crippen LogP contribution in [0.5, 0.6) is 0 Å². The number of benzene rings is 5. The van der Waals surface area contributed by atoms with Crippen molar-refractivity contribution in [1.82, 2.24) is 19.9 Å². The summed E-state index contributed by atoms with van der Waals surface area (Å²) in [6.45, 7) is 0. The number of hydrogen-bond acceptors (Lipinski definition) is 4. The van der Waals surface area contributed by atoms with Gasteiger partial charge in [-0.05, 0) is 58.0 Å². The maximum Gasteiger partial charge on any atom is 0.163 e.